The van der Waals surface area contributed by atoms with Crippen LogP contribution in [-0.2, 0) is 11.3 Å². The van der Waals surface area contributed by atoms with Crippen LogP contribution in [-0.4, -0.2) is 28.6 Å². The molecule has 1 aromatic heterocycles. The van der Waals surface area contributed by atoms with Crippen LogP contribution in [0, 0.1) is 13.8 Å². The van der Waals surface area contributed by atoms with Crippen LogP contribution in [0.15, 0.2) is 4.52 Å². The second kappa shape index (κ2) is 3.66. The second-order valence-electron chi connectivity index (χ2n) is 3.96. The molecule has 1 aliphatic rings. The van der Waals surface area contributed by atoms with Gasteiger partial charge in [-0.15, -0.1) is 0 Å². The van der Waals surface area contributed by atoms with E-state index in [0.717, 1.165) is 30.0 Å². The van der Waals surface area contributed by atoms with E-state index < -0.39 is 0 Å². The minimum atomic E-state index is -0.328. The van der Waals surface area contributed by atoms with Crippen LogP contribution >= 0.6 is 0 Å². The fraction of sp³-hybridized carbons (Fsp3) is 0.600. The van der Waals surface area contributed by atoms with Crippen LogP contribution in [0.3, 0.4) is 0 Å². The van der Waals surface area contributed by atoms with Crippen LogP contribution in [0.1, 0.15) is 23.4 Å². The SMILES string of the molecule is Cc1noc(C)c1CN1CCC(N)C1=O. The lowest BCUT2D eigenvalue weighted by atomic mass is 10.2. The summed E-state index contributed by atoms with van der Waals surface area (Å²) in [4.78, 5) is 13.4. The standard InChI is InChI=1S/C10H15N3O2/c1-6-8(7(2)15-12-6)5-13-4-3-9(11)10(13)14/h9H,3-5,11H2,1-2H3. The van der Waals surface area contributed by atoms with Gasteiger partial charge in [-0.2, -0.15) is 0 Å². The summed E-state index contributed by atoms with van der Waals surface area (Å²) in [6.45, 7) is 5.03. The minimum Gasteiger partial charge on any atom is -0.361 e. The quantitative estimate of drug-likeness (QED) is 0.762. The molecule has 1 fully saturated rings. The van der Waals surface area contributed by atoms with Crippen LogP contribution in [0.5, 0.6) is 0 Å². The normalized spacial score (nSPS) is 21.4. The van der Waals surface area contributed by atoms with Crippen molar-refractivity contribution in [3.63, 3.8) is 0 Å². The zero-order chi connectivity index (χ0) is 11.0. The predicted molar refractivity (Wildman–Crippen MR) is 54.0 cm³/mol. The minimum absolute atomic E-state index is 0.0231. The fourth-order valence-electron chi connectivity index (χ4n) is 1.84. The first kappa shape index (κ1) is 10.2. The highest BCUT2D eigenvalue weighted by Crippen LogP contribution is 2.18. The van der Waals surface area contributed by atoms with Crippen molar-refractivity contribution in [1.82, 2.24) is 10.1 Å². The predicted octanol–water partition coefficient (Wildman–Crippen LogP) is 0.351. The van der Waals surface area contributed by atoms with Gasteiger partial charge in [0.05, 0.1) is 18.3 Å². The Morgan fingerprint density at radius 3 is 2.80 bits per heavy atom. The molecule has 0 saturated carbocycles. The van der Waals surface area contributed by atoms with Gasteiger partial charge in [-0.3, -0.25) is 4.79 Å². The van der Waals surface area contributed by atoms with Crippen molar-refractivity contribution in [3.05, 3.63) is 17.0 Å². The first-order valence-corrected chi connectivity index (χ1v) is 5.05. The van der Waals surface area contributed by atoms with Crippen LogP contribution in [0.25, 0.3) is 0 Å². The van der Waals surface area contributed by atoms with Crippen LogP contribution in [0.2, 0.25) is 0 Å². The van der Waals surface area contributed by atoms with Gasteiger partial charge < -0.3 is 15.2 Å². The van der Waals surface area contributed by atoms with Crippen LogP contribution in [0.4, 0.5) is 0 Å². The maximum absolute atomic E-state index is 11.6. The lowest BCUT2D eigenvalue weighted by molar-refractivity contribution is -0.129. The Bertz CT molecular complexity index is 367. The monoisotopic (exact) mass is 209 g/mol. The van der Waals surface area contributed by atoms with Crippen molar-refractivity contribution in [2.24, 2.45) is 5.73 Å². The molecule has 2 heterocycles. The molecule has 1 unspecified atom stereocenters. The zero-order valence-electron chi connectivity index (χ0n) is 8.99. The van der Waals surface area contributed by atoms with Gasteiger partial charge in [0.15, 0.2) is 0 Å². The molecule has 5 nitrogen and oxygen atoms in total. The highest BCUT2D eigenvalue weighted by Gasteiger charge is 2.29. The summed E-state index contributed by atoms with van der Waals surface area (Å²) in [5.74, 6) is 0.802. The Balaban J connectivity index is 2.13. The van der Waals surface area contributed by atoms with Crippen molar-refractivity contribution in [2.75, 3.05) is 6.54 Å². The highest BCUT2D eigenvalue weighted by molar-refractivity contribution is 5.83. The van der Waals surface area contributed by atoms with Gasteiger partial charge in [-0.1, -0.05) is 5.16 Å². The van der Waals surface area contributed by atoms with Gasteiger partial charge in [0.2, 0.25) is 5.91 Å². The number of carbonyl (C=O) groups excluding carboxylic acids is 1. The Morgan fingerprint density at radius 1 is 1.60 bits per heavy atom. The van der Waals surface area contributed by atoms with E-state index in [1.54, 1.807) is 4.90 Å². The molecule has 1 aliphatic heterocycles. The number of aromatic nitrogens is 1. The van der Waals surface area contributed by atoms with E-state index in [-0.39, 0.29) is 11.9 Å². The van der Waals surface area contributed by atoms with Gasteiger partial charge in [0.25, 0.3) is 0 Å². The average molecular weight is 209 g/mol. The number of rotatable bonds is 2. The zero-order valence-corrected chi connectivity index (χ0v) is 8.99. The lowest BCUT2D eigenvalue weighted by Gasteiger charge is -2.15. The summed E-state index contributed by atoms with van der Waals surface area (Å²) in [7, 11) is 0. The Morgan fingerprint density at radius 2 is 2.33 bits per heavy atom. The summed E-state index contributed by atoms with van der Waals surface area (Å²) >= 11 is 0. The number of hydrogen-bond donors (Lipinski definition) is 1. The molecule has 2 rings (SSSR count). The summed E-state index contributed by atoms with van der Waals surface area (Å²) < 4.78 is 5.05. The molecule has 15 heavy (non-hydrogen) atoms. The molecule has 5 heteroatoms. The number of amides is 1. The van der Waals surface area contributed by atoms with Crippen molar-refractivity contribution >= 4 is 5.91 Å². The molecular weight excluding hydrogens is 194 g/mol. The molecule has 1 atom stereocenters. The Kier molecular flexibility index (Phi) is 2.48. The first-order chi connectivity index (χ1) is 7.09. The summed E-state index contributed by atoms with van der Waals surface area (Å²) in [6, 6.07) is -0.328. The number of nitrogens with two attached hydrogens (primary N) is 1. The molecule has 0 bridgehead atoms. The van der Waals surface area contributed by atoms with Gasteiger partial charge in [-0.25, -0.2) is 0 Å². The molecule has 82 valence electrons. The van der Waals surface area contributed by atoms with E-state index in [1.807, 2.05) is 13.8 Å². The molecule has 0 spiro atoms. The van der Waals surface area contributed by atoms with E-state index in [1.165, 1.54) is 0 Å². The third-order valence-corrected chi connectivity index (χ3v) is 2.87. The first-order valence-electron chi connectivity index (χ1n) is 5.05. The molecule has 0 aliphatic carbocycles. The van der Waals surface area contributed by atoms with Gasteiger partial charge in [0, 0.05) is 12.1 Å². The lowest BCUT2D eigenvalue weighted by Crippen LogP contribution is -2.33. The number of aryl methyl sites for hydroxylation is 2. The number of nitrogens with zero attached hydrogens (tertiary/aromatic N) is 2. The van der Waals surface area contributed by atoms with Crippen molar-refractivity contribution < 1.29 is 9.32 Å². The third-order valence-electron chi connectivity index (χ3n) is 2.87. The van der Waals surface area contributed by atoms with Crippen LogP contribution < -0.4 is 5.73 Å². The number of hydrogen-bond acceptors (Lipinski definition) is 4. The van der Waals surface area contributed by atoms with Crippen molar-refractivity contribution in [2.45, 2.75) is 32.9 Å². The molecule has 1 aromatic rings. The number of likely N-dealkylation sites (tertiary alicyclic amines) is 1. The van der Waals surface area contributed by atoms with E-state index in [9.17, 15) is 4.79 Å². The van der Waals surface area contributed by atoms with E-state index >= 15 is 0 Å². The topological polar surface area (TPSA) is 72.4 Å². The number of carbonyl (C=O) groups is 1. The van der Waals surface area contributed by atoms with E-state index in [4.69, 9.17) is 10.3 Å². The van der Waals surface area contributed by atoms with Gasteiger partial charge in [0.1, 0.15) is 5.76 Å². The molecule has 2 N–H and O–H groups in total. The molecular formula is C10H15N3O2. The van der Waals surface area contributed by atoms with E-state index in [0.29, 0.717) is 6.54 Å². The van der Waals surface area contributed by atoms with Gasteiger partial charge in [-0.05, 0) is 20.3 Å². The highest BCUT2D eigenvalue weighted by atomic mass is 16.5. The maximum Gasteiger partial charge on any atom is 0.239 e. The van der Waals surface area contributed by atoms with Gasteiger partial charge >= 0.3 is 0 Å². The second-order valence-corrected chi connectivity index (χ2v) is 3.96. The Labute approximate surface area is 88.2 Å². The maximum atomic E-state index is 11.6. The third kappa shape index (κ3) is 1.74. The summed E-state index contributed by atoms with van der Waals surface area (Å²) in [6.07, 6.45) is 0.738. The largest absolute Gasteiger partial charge is 0.361 e. The molecule has 1 amide bonds. The molecule has 0 aromatic carbocycles. The smallest absolute Gasteiger partial charge is 0.239 e. The fourth-order valence-corrected chi connectivity index (χ4v) is 1.84. The van der Waals surface area contributed by atoms with E-state index in [2.05, 4.69) is 5.16 Å². The molecule has 0 radical (unpaired) electrons. The average Bonchev–Trinajstić information content (AvgIpc) is 2.68. The van der Waals surface area contributed by atoms with Crippen molar-refractivity contribution in [3.8, 4) is 0 Å². The van der Waals surface area contributed by atoms with Crippen molar-refractivity contribution in [1.29, 1.82) is 0 Å². The summed E-state index contributed by atoms with van der Waals surface area (Å²) in [5.41, 5.74) is 7.49. The molecule has 1 saturated heterocycles. The summed E-state index contributed by atoms with van der Waals surface area (Å²) in [5, 5.41) is 3.86. The Hall–Kier alpha value is -1.36.